The van der Waals surface area contributed by atoms with E-state index >= 15 is 0 Å². The first-order valence-electron chi connectivity index (χ1n) is 9.96. The molecule has 0 spiro atoms. The Bertz CT molecular complexity index is 937. The number of thioether (sulfide) groups is 1. The van der Waals surface area contributed by atoms with Crippen LogP contribution in [0.1, 0.15) is 41.6 Å². The van der Waals surface area contributed by atoms with Crippen molar-refractivity contribution >= 4 is 34.8 Å². The average molecular weight is 421 g/mol. The summed E-state index contributed by atoms with van der Waals surface area (Å²) in [6.07, 6.45) is 0.972. The van der Waals surface area contributed by atoms with Crippen molar-refractivity contribution in [2.45, 2.75) is 43.9 Å². The van der Waals surface area contributed by atoms with Gasteiger partial charge in [0.1, 0.15) is 0 Å². The zero-order valence-corrected chi connectivity index (χ0v) is 18.9. The molecule has 0 aliphatic carbocycles. The lowest BCUT2D eigenvalue weighted by molar-refractivity contribution is 0.628. The summed E-state index contributed by atoms with van der Waals surface area (Å²) in [4.78, 5) is 1.29. The first-order chi connectivity index (χ1) is 14.0. The molecule has 1 unspecified atom stereocenters. The number of thiocarbonyl (C=S) groups is 1. The number of hydrogen-bond acceptors (Lipinski definition) is 2. The van der Waals surface area contributed by atoms with Crippen LogP contribution < -0.4 is 10.6 Å². The maximum absolute atomic E-state index is 5.56. The first kappa shape index (κ1) is 21.4. The molecule has 0 aromatic heterocycles. The van der Waals surface area contributed by atoms with Crippen LogP contribution in [0.5, 0.6) is 0 Å². The topological polar surface area (TPSA) is 24.1 Å². The van der Waals surface area contributed by atoms with Gasteiger partial charge in [-0.25, -0.2) is 0 Å². The molecule has 150 valence electrons. The van der Waals surface area contributed by atoms with Gasteiger partial charge in [0.25, 0.3) is 0 Å². The summed E-state index contributed by atoms with van der Waals surface area (Å²) in [7, 11) is 0. The van der Waals surface area contributed by atoms with Crippen LogP contribution in [0.4, 0.5) is 5.69 Å². The molecular weight excluding hydrogens is 392 g/mol. The van der Waals surface area contributed by atoms with Crippen LogP contribution in [-0.4, -0.2) is 5.11 Å². The molecule has 0 aliphatic heterocycles. The monoisotopic (exact) mass is 420 g/mol. The average Bonchev–Trinajstić information content (AvgIpc) is 2.74. The van der Waals surface area contributed by atoms with Crippen LogP contribution >= 0.6 is 24.0 Å². The predicted molar refractivity (Wildman–Crippen MR) is 131 cm³/mol. The molecule has 0 fully saturated rings. The fourth-order valence-electron chi connectivity index (χ4n) is 3.10. The van der Waals surface area contributed by atoms with Gasteiger partial charge >= 0.3 is 0 Å². The van der Waals surface area contributed by atoms with Crippen LogP contribution in [0.2, 0.25) is 0 Å². The smallest absolute Gasteiger partial charge is 0.171 e. The normalized spacial score (nSPS) is 11.7. The summed E-state index contributed by atoms with van der Waals surface area (Å²) >= 11 is 7.40. The van der Waals surface area contributed by atoms with Gasteiger partial charge in [-0.3, -0.25) is 0 Å². The third kappa shape index (κ3) is 6.34. The van der Waals surface area contributed by atoms with Crippen LogP contribution in [0.25, 0.3) is 0 Å². The lowest BCUT2D eigenvalue weighted by atomic mass is 9.99. The molecule has 0 bridgehead atoms. The second-order valence-electron chi connectivity index (χ2n) is 7.20. The summed E-state index contributed by atoms with van der Waals surface area (Å²) in [5.74, 6) is 0.956. The number of anilines is 1. The second-order valence-corrected chi connectivity index (χ2v) is 8.66. The molecule has 1 atom stereocenters. The number of aryl methyl sites for hydroxylation is 2. The van der Waals surface area contributed by atoms with E-state index in [0.717, 1.165) is 17.9 Å². The van der Waals surface area contributed by atoms with Crippen molar-refractivity contribution < 1.29 is 0 Å². The predicted octanol–water partition coefficient (Wildman–Crippen LogP) is 7.03. The lowest BCUT2D eigenvalue weighted by Crippen LogP contribution is -2.32. The number of nitrogens with one attached hydrogen (secondary N) is 2. The Labute approximate surface area is 184 Å². The summed E-state index contributed by atoms with van der Waals surface area (Å²) in [5.41, 5.74) is 6.20. The van der Waals surface area contributed by atoms with Crippen molar-refractivity contribution in [1.82, 2.24) is 5.32 Å². The molecule has 0 heterocycles. The van der Waals surface area contributed by atoms with Gasteiger partial charge in [0, 0.05) is 16.3 Å². The summed E-state index contributed by atoms with van der Waals surface area (Å²) in [6, 6.07) is 25.8. The fourth-order valence-corrected chi connectivity index (χ4v) is 4.23. The molecule has 0 saturated carbocycles. The molecule has 0 radical (unpaired) electrons. The van der Waals surface area contributed by atoms with E-state index in [-0.39, 0.29) is 6.04 Å². The van der Waals surface area contributed by atoms with E-state index in [4.69, 9.17) is 12.2 Å². The summed E-state index contributed by atoms with van der Waals surface area (Å²) in [5, 5.41) is 7.43. The molecule has 3 aromatic rings. The molecule has 29 heavy (non-hydrogen) atoms. The highest BCUT2D eigenvalue weighted by Gasteiger charge is 2.11. The Morgan fingerprint density at radius 3 is 2.31 bits per heavy atom. The van der Waals surface area contributed by atoms with Gasteiger partial charge in [0.15, 0.2) is 5.11 Å². The third-order valence-electron chi connectivity index (χ3n) is 5.01. The molecular formula is C25H28N2S2. The second kappa shape index (κ2) is 10.5. The van der Waals surface area contributed by atoms with Gasteiger partial charge in [0.05, 0.1) is 6.04 Å². The van der Waals surface area contributed by atoms with Crippen molar-refractivity contribution in [2.24, 2.45) is 0 Å². The minimum atomic E-state index is 0.204. The number of hydrogen-bond donors (Lipinski definition) is 2. The Balaban J connectivity index is 1.54. The molecule has 0 saturated heterocycles. The van der Waals surface area contributed by atoms with E-state index in [0.29, 0.717) is 5.11 Å². The Hall–Kier alpha value is -2.30. The van der Waals surface area contributed by atoms with Gasteiger partial charge in [-0.05, 0) is 79.0 Å². The fraction of sp³-hybridized carbons (Fsp3) is 0.240. The summed E-state index contributed by atoms with van der Waals surface area (Å²) in [6.45, 7) is 6.47. The summed E-state index contributed by atoms with van der Waals surface area (Å²) < 4.78 is 0. The molecule has 0 aliphatic rings. The first-order valence-corrected chi connectivity index (χ1v) is 11.4. The van der Waals surface area contributed by atoms with Gasteiger partial charge in [0.2, 0.25) is 0 Å². The zero-order chi connectivity index (χ0) is 20.6. The molecule has 0 amide bonds. The van der Waals surface area contributed by atoms with E-state index in [1.807, 2.05) is 17.8 Å². The van der Waals surface area contributed by atoms with Crippen LogP contribution in [-0.2, 0) is 5.75 Å². The lowest BCUT2D eigenvalue weighted by Gasteiger charge is -2.21. The molecule has 3 aromatic carbocycles. The van der Waals surface area contributed by atoms with E-state index in [2.05, 4.69) is 98.1 Å². The highest BCUT2D eigenvalue weighted by atomic mass is 32.2. The third-order valence-corrected chi connectivity index (χ3v) is 6.31. The van der Waals surface area contributed by atoms with Crippen LogP contribution in [0, 0.1) is 13.8 Å². The van der Waals surface area contributed by atoms with Crippen molar-refractivity contribution in [2.75, 3.05) is 5.32 Å². The highest BCUT2D eigenvalue weighted by Crippen LogP contribution is 2.23. The van der Waals surface area contributed by atoms with Crippen LogP contribution in [0.15, 0.2) is 77.7 Å². The molecule has 3 rings (SSSR count). The van der Waals surface area contributed by atoms with Crippen molar-refractivity contribution in [3.8, 4) is 0 Å². The quantitative estimate of drug-likeness (QED) is 0.316. The van der Waals surface area contributed by atoms with E-state index in [9.17, 15) is 0 Å². The molecule has 4 heteroatoms. The maximum atomic E-state index is 5.56. The Morgan fingerprint density at radius 2 is 1.66 bits per heavy atom. The van der Waals surface area contributed by atoms with E-state index < -0.39 is 0 Å². The zero-order valence-electron chi connectivity index (χ0n) is 17.2. The van der Waals surface area contributed by atoms with Gasteiger partial charge in [-0.1, -0.05) is 55.5 Å². The minimum absolute atomic E-state index is 0.204. The largest absolute Gasteiger partial charge is 0.356 e. The molecule has 2 N–H and O–H groups in total. The van der Waals surface area contributed by atoms with Crippen molar-refractivity contribution in [1.29, 1.82) is 0 Å². The Kier molecular flexibility index (Phi) is 7.73. The highest BCUT2D eigenvalue weighted by molar-refractivity contribution is 7.98. The Morgan fingerprint density at radius 1 is 0.931 bits per heavy atom. The van der Waals surface area contributed by atoms with Crippen molar-refractivity contribution in [3.05, 3.63) is 95.1 Å². The van der Waals surface area contributed by atoms with E-state index in [1.54, 1.807) is 0 Å². The number of rotatable bonds is 7. The van der Waals surface area contributed by atoms with Gasteiger partial charge in [-0.15, -0.1) is 11.8 Å². The minimum Gasteiger partial charge on any atom is -0.356 e. The van der Waals surface area contributed by atoms with Gasteiger partial charge < -0.3 is 10.6 Å². The van der Waals surface area contributed by atoms with Gasteiger partial charge in [-0.2, -0.15) is 0 Å². The van der Waals surface area contributed by atoms with Crippen molar-refractivity contribution in [3.63, 3.8) is 0 Å². The van der Waals surface area contributed by atoms with E-state index in [1.165, 1.54) is 27.1 Å². The standard InChI is InChI=1S/C25H28N2S2/c1-4-24(21-13-10-18(2)19(3)16-21)27-25(28)26-22-14-11-20(12-15-22)17-29-23-8-6-5-7-9-23/h5-16,24H,4,17H2,1-3H3,(H2,26,27,28). The maximum Gasteiger partial charge on any atom is 0.171 e. The van der Waals surface area contributed by atoms with Crippen LogP contribution in [0.3, 0.4) is 0 Å². The SMILES string of the molecule is CCC(NC(=S)Nc1ccc(CSc2ccccc2)cc1)c1ccc(C)c(C)c1. The number of benzene rings is 3. The molecule has 2 nitrogen and oxygen atoms in total.